The van der Waals surface area contributed by atoms with Gasteiger partial charge < -0.3 is 14.6 Å². The first kappa shape index (κ1) is 14.5. The summed E-state index contributed by atoms with van der Waals surface area (Å²) in [5.41, 5.74) is 2.04. The van der Waals surface area contributed by atoms with Crippen molar-refractivity contribution in [2.24, 2.45) is 16.8 Å². The third kappa shape index (κ3) is 2.92. The molecule has 122 valence electrons. The molecule has 0 aromatic carbocycles. The maximum atomic E-state index is 4.64. The maximum Gasteiger partial charge on any atom is 0.193 e. The van der Waals surface area contributed by atoms with E-state index in [4.69, 9.17) is 0 Å². The van der Waals surface area contributed by atoms with Crippen molar-refractivity contribution in [3.05, 3.63) is 36.3 Å². The number of hydrogen-bond donors (Lipinski definition) is 1. The number of likely N-dealkylation sites (tertiary alicyclic amines) is 1. The number of aromatic nitrogens is 2. The molecule has 0 radical (unpaired) electrons. The van der Waals surface area contributed by atoms with Crippen molar-refractivity contribution < 1.29 is 0 Å². The molecule has 23 heavy (non-hydrogen) atoms. The molecule has 5 nitrogen and oxygen atoms in total. The van der Waals surface area contributed by atoms with E-state index < -0.39 is 0 Å². The van der Waals surface area contributed by atoms with E-state index in [1.54, 1.807) is 0 Å². The van der Waals surface area contributed by atoms with Gasteiger partial charge in [-0.2, -0.15) is 0 Å². The zero-order chi connectivity index (χ0) is 15.6. The van der Waals surface area contributed by atoms with Gasteiger partial charge in [0, 0.05) is 32.5 Å². The second-order valence-corrected chi connectivity index (χ2v) is 6.81. The zero-order valence-electron chi connectivity index (χ0n) is 13.8. The molecule has 5 heteroatoms. The Balaban J connectivity index is 1.40. The van der Waals surface area contributed by atoms with Gasteiger partial charge in [0.25, 0.3) is 0 Å². The first-order chi connectivity index (χ1) is 11.3. The summed E-state index contributed by atoms with van der Waals surface area (Å²) >= 11 is 0. The Morgan fingerprint density at radius 2 is 2.04 bits per heavy atom. The fourth-order valence-electron chi connectivity index (χ4n) is 4.15. The van der Waals surface area contributed by atoms with Crippen LogP contribution in [0.5, 0.6) is 0 Å². The van der Waals surface area contributed by atoms with E-state index >= 15 is 0 Å². The highest BCUT2D eigenvalue weighted by atomic mass is 15.3. The molecule has 1 aliphatic carbocycles. The second-order valence-electron chi connectivity index (χ2n) is 6.81. The molecular formula is C18H25N5. The average Bonchev–Trinajstić information content (AvgIpc) is 3.18. The molecule has 1 saturated carbocycles. The Bertz CT molecular complexity index is 657. The second kappa shape index (κ2) is 6.22. The Hall–Kier alpha value is -2.04. The van der Waals surface area contributed by atoms with Crippen LogP contribution in [0.3, 0.4) is 0 Å². The van der Waals surface area contributed by atoms with E-state index in [1.165, 1.54) is 25.7 Å². The summed E-state index contributed by atoms with van der Waals surface area (Å²) in [5.74, 6) is 2.77. The summed E-state index contributed by atoms with van der Waals surface area (Å²) in [5, 5.41) is 3.50. The van der Waals surface area contributed by atoms with E-state index in [0.717, 1.165) is 48.8 Å². The van der Waals surface area contributed by atoms with Crippen molar-refractivity contribution in [2.45, 2.75) is 32.2 Å². The van der Waals surface area contributed by atoms with Crippen molar-refractivity contribution in [3.63, 3.8) is 0 Å². The van der Waals surface area contributed by atoms with Crippen LogP contribution in [0.4, 0.5) is 0 Å². The monoisotopic (exact) mass is 311 g/mol. The molecule has 1 N–H and O–H groups in total. The largest absolute Gasteiger partial charge is 0.351 e. The third-order valence-electron chi connectivity index (χ3n) is 5.33. The summed E-state index contributed by atoms with van der Waals surface area (Å²) in [6.07, 6.45) is 9.71. The number of pyridine rings is 1. The van der Waals surface area contributed by atoms with E-state index in [-0.39, 0.29) is 0 Å². The molecule has 2 unspecified atom stereocenters. The summed E-state index contributed by atoms with van der Waals surface area (Å²) in [6.45, 7) is 3.05. The summed E-state index contributed by atoms with van der Waals surface area (Å²) in [7, 11) is 1.88. The Labute approximate surface area is 137 Å². The molecule has 2 fully saturated rings. The summed E-state index contributed by atoms with van der Waals surface area (Å²) < 4.78 is 2.06. The highest BCUT2D eigenvalue weighted by Gasteiger charge is 2.35. The van der Waals surface area contributed by atoms with Crippen molar-refractivity contribution in [3.8, 4) is 0 Å². The van der Waals surface area contributed by atoms with Crippen molar-refractivity contribution >= 4 is 11.6 Å². The van der Waals surface area contributed by atoms with Crippen LogP contribution < -0.4 is 5.32 Å². The highest BCUT2D eigenvalue weighted by molar-refractivity contribution is 5.80. The molecule has 2 aromatic heterocycles. The van der Waals surface area contributed by atoms with Gasteiger partial charge in [-0.25, -0.2) is 4.98 Å². The minimum absolute atomic E-state index is 0.722. The molecule has 4 rings (SSSR count). The molecule has 2 atom stereocenters. The highest BCUT2D eigenvalue weighted by Crippen LogP contribution is 2.35. The standard InChI is InChI=1S/C18H25N5/c1-19-18(23-11-14-6-2-3-7-15(14)12-23)20-10-16-13-22-9-5-4-8-17(22)21-16/h4-5,8-9,13-15H,2-3,6-7,10-12H2,1H3,(H,19,20). The van der Waals surface area contributed by atoms with Crippen LogP contribution in [0.25, 0.3) is 5.65 Å². The predicted molar refractivity (Wildman–Crippen MR) is 92.4 cm³/mol. The van der Waals surface area contributed by atoms with Gasteiger partial charge in [-0.15, -0.1) is 0 Å². The van der Waals surface area contributed by atoms with Crippen LogP contribution in [0.1, 0.15) is 31.4 Å². The fourth-order valence-corrected chi connectivity index (χ4v) is 4.15. The Morgan fingerprint density at radius 3 is 2.74 bits per heavy atom. The molecule has 1 saturated heterocycles. The van der Waals surface area contributed by atoms with Crippen LogP contribution in [0.2, 0.25) is 0 Å². The van der Waals surface area contributed by atoms with Gasteiger partial charge in [0.2, 0.25) is 0 Å². The normalized spacial score (nSPS) is 24.9. The van der Waals surface area contributed by atoms with E-state index in [2.05, 4.69) is 30.8 Å². The third-order valence-corrected chi connectivity index (χ3v) is 5.33. The molecule has 1 aliphatic heterocycles. The average molecular weight is 311 g/mol. The van der Waals surface area contributed by atoms with Crippen LogP contribution in [-0.4, -0.2) is 40.4 Å². The molecule has 0 spiro atoms. The van der Waals surface area contributed by atoms with Crippen molar-refractivity contribution in [1.82, 2.24) is 19.6 Å². The Kier molecular flexibility index (Phi) is 3.93. The molecule has 2 aliphatic rings. The van der Waals surface area contributed by atoms with Gasteiger partial charge in [-0.1, -0.05) is 18.9 Å². The number of rotatable bonds is 2. The number of nitrogens with one attached hydrogen (secondary N) is 1. The van der Waals surface area contributed by atoms with Gasteiger partial charge in [0.05, 0.1) is 12.2 Å². The lowest BCUT2D eigenvalue weighted by Crippen LogP contribution is -2.39. The summed E-state index contributed by atoms with van der Waals surface area (Å²) in [4.78, 5) is 11.6. The lowest BCUT2D eigenvalue weighted by Gasteiger charge is -2.22. The van der Waals surface area contributed by atoms with Crippen LogP contribution >= 0.6 is 0 Å². The SMILES string of the molecule is CN=C(NCc1cn2ccccc2n1)N1CC2CCCCC2C1. The fraction of sp³-hybridized carbons (Fsp3) is 0.556. The smallest absolute Gasteiger partial charge is 0.193 e. The minimum Gasteiger partial charge on any atom is -0.351 e. The van der Waals surface area contributed by atoms with Gasteiger partial charge in [-0.05, 0) is 36.8 Å². The number of fused-ring (bicyclic) bond motifs is 2. The quantitative estimate of drug-likeness (QED) is 0.685. The van der Waals surface area contributed by atoms with Gasteiger partial charge in [0.1, 0.15) is 5.65 Å². The predicted octanol–water partition coefficient (Wildman–Crippen LogP) is 2.53. The van der Waals surface area contributed by atoms with E-state index in [1.807, 2.05) is 31.4 Å². The van der Waals surface area contributed by atoms with Gasteiger partial charge in [0.15, 0.2) is 5.96 Å². The van der Waals surface area contributed by atoms with Crippen LogP contribution in [0, 0.1) is 11.8 Å². The molecule has 3 heterocycles. The first-order valence-electron chi connectivity index (χ1n) is 8.71. The molecule has 2 aromatic rings. The maximum absolute atomic E-state index is 4.64. The number of nitrogens with zero attached hydrogens (tertiary/aromatic N) is 4. The van der Waals surface area contributed by atoms with Gasteiger partial charge >= 0.3 is 0 Å². The van der Waals surface area contributed by atoms with E-state index in [9.17, 15) is 0 Å². The Morgan fingerprint density at radius 1 is 1.26 bits per heavy atom. The van der Waals surface area contributed by atoms with E-state index in [0.29, 0.717) is 0 Å². The van der Waals surface area contributed by atoms with Crippen LogP contribution in [-0.2, 0) is 6.54 Å². The number of guanidine groups is 1. The lowest BCUT2D eigenvalue weighted by molar-refractivity contribution is 0.299. The number of aliphatic imine (C=N–C) groups is 1. The lowest BCUT2D eigenvalue weighted by atomic mass is 9.82. The number of imidazole rings is 1. The summed E-state index contributed by atoms with van der Waals surface area (Å²) in [6, 6.07) is 6.07. The van der Waals surface area contributed by atoms with Crippen molar-refractivity contribution in [2.75, 3.05) is 20.1 Å². The minimum atomic E-state index is 0.722. The molecule has 0 amide bonds. The van der Waals surface area contributed by atoms with Gasteiger partial charge in [-0.3, -0.25) is 4.99 Å². The molecule has 0 bridgehead atoms. The number of hydrogen-bond acceptors (Lipinski definition) is 2. The van der Waals surface area contributed by atoms with Crippen molar-refractivity contribution in [1.29, 1.82) is 0 Å². The van der Waals surface area contributed by atoms with Crippen LogP contribution in [0.15, 0.2) is 35.6 Å². The first-order valence-corrected chi connectivity index (χ1v) is 8.71. The molecular weight excluding hydrogens is 286 g/mol. The zero-order valence-corrected chi connectivity index (χ0v) is 13.8. The topological polar surface area (TPSA) is 44.9 Å².